The van der Waals surface area contributed by atoms with Crippen LogP contribution < -0.4 is 4.74 Å². The molecule has 20 heavy (non-hydrogen) atoms. The number of ether oxygens (including phenoxy) is 1. The van der Waals surface area contributed by atoms with E-state index in [1.54, 1.807) is 24.5 Å². The van der Waals surface area contributed by atoms with Crippen molar-refractivity contribution in [3.63, 3.8) is 0 Å². The van der Waals surface area contributed by atoms with Crippen molar-refractivity contribution >= 4 is 5.97 Å². The van der Waals surface area contributed by atoms with E-state index in [0.717, 1.165) is 24.0 Å². The topological polar surface area (TPSA) is 59.4 Å². The molecule has 0 saturated heterocycles. The van der Waals surface area contributed by atoms with Crippen molar-refractivity contribution in [1.29, 1.82) is 0 Å². The summed E-state index contributed by atoms with van der Waals surface area (Å²) in [5.74, 6) is -0.549. The fraction of sp³-hybridized carbons (Fsp3) is 0.250. The van der Waals surface area contributed by atoms with Gasteiger partial charge in [0, 0.05) is 18.0 Å². The summed E-state index contributed by atoms with van der Waals surface area (Å²) in [6.07, 6.45) is 5.25. The second-order valence-electron chi connectivity index (χ2n) is 4.43. The molecule has 4 heteroatoms. The molecule has 4 nitrogen and oxygen atoms in total. The van der Waals surface area contributed by atoms with E-state index in [2.05, 4.69) is 11.9 Å². The average Bonchev–Trinajstić information content (AvgIpc) is 2.48. The van der Waals surface area contributed by atoms with Crippen LogP contribution in [0.25, 0.3) is 11.1 Å². The first-order valence-electron chi connectivity index (χ1n) is 6.63. The average molecular weight is 271 g/mol. The number of carbonyl (C=O) groups is 1. The predicted molar refractivity (Wildman–Crippen MR) is 77.0 cm³/mol. The Bertz CT molecular complexity index is 582. The number of unbranched alkanes of at least 4 members (excludes halogenated alkanes) is 1. The Morgan fingerprint density at radius 3 is 2.65 bits per heavy atom. The normalized spacial score (nSPS) is 10.2. The molecular weight excluding hydrogens is 254 g/mol. The molecule has 0 amide bonds. The van der Waals surface area contributed by atoms with Crippen molar-refractivity contribution in [3.05, 3.63) is 48.3 Å². The van der Waals surface area contributed by atoms with E-state index in [-0.39, 0.29) is 5.56 Å². The van der Waals surface area contributed by atoms with Gasteiger partial charge in [-0.2, -0.15) is 0 Å². The standard InChI is InChI=1S/C16H17NO3/c1-2-3-11-20-15-13(12-7-9-17-10-8-12)5-4-6-14(15)16(18)19/h4-10H,2-3,11H2,1H3,(H,18,19). The molecule has 0 aliphatic carbocycles. The highest BCUT2D eigenvalue weighted by atomic mass is 16.5. The van der Waals surface area contributed by atoms with Crippen LogP contribution in [-0.4, -0.2) is 22.7 Å². The summed E-state index contributed by atoms with van der Waals surface area (Å²) in [6.45, 7) is 2.58. The summed E-state index contributed by atoms with van der Waals surface area (Å²) >= 11 is 0. The van der Waals surface area contributed by atoms with Crippen LogP contribution in [0.15, 0.2) is 42.7 Å². The lowest BCUT2D eigenvalue weighted by atomic mass is 10.0. The molecule has 1 aromatic carbocycles. The molecule has 0 aliphatic heterocycles. The minimum Gasteiger partial charge on any atom is -0.492 e. The minimum atomic E-state index is -0.979. The van der Waals surface area contributed by atoms with Gasteiger partial charge in [-0.05, 0) is 30.2 Å². The van der Waals surface area contributed by atoms with Gasteiger partial charge in [0.25, 0.3) is 0 Å². The monoisotopic (exact) mass is 271 g/mol. The molecule has 0 atom stereocenters. The van der Waals surface area contributed by atoms with E-state index in [0.29, 0.717) is 12.4 Å². The van der Waals surface area contributed by atoms with Gasteiger partial charge < -0.3 is 9.84 Å². The molecule has 0 fully saturated rings. The number of benzene rings is 1. The number of carboxylic acid groups (broad SMARTS) is 1. The van der Waals surface area contributed by atoms with E-state index in [1.165, 1.54) is 0 Å². The van der Waals surface area contributed by atoms with E-state index >= 15 is 0 Å². The fourth-order valence-electron chi connectivity index (χ4n) is 1.94. The van der Waals surface area contributed by atoms with Crippen LogP contribution in [0.3, 0.4) is 0 Å². The highest BCUT2D eigenvalue weighted by Gasteiger charge is 2.16. The molecule has 0 aliphatic rings. The largest absolute Gasteiger partial charge is 0.492 e. The minimum absolute atomic E-state index is 0.190. The van der Waals surface area contributed by atoms with Crippen molar-refractivity contribution in [1.82, 2.24) is 4.98 Å². The molecule has 2 aromatic rings. The Morgan fingerprint density at radius 1 is 1.25 bits per heavy atom. The molecule has 0 spiro atoms. The number of rotatable bonds is 6. The number of aromatic carboxylic acids is 1. The third-order valence-corrected chi connectivity index (χ3v) is 2.98. The van der Waals surface area contributed by atoms with Crippen LogP contribution >= 0.6 is 0 Å². The van der Waals surface area contributed by atoms with Gasteiger partial charge >= 0.3 is 5.97 Å². The maximum Gasteiger partial charge on any atom is 0.339 e. The zero-order valence-corrected chi connectivity index (χ0v) is 11.4. The first kappa shape index (κ1) is 14.1. The number of hydrogen-bond donors (Lipinski definition) is 1. The van der Waals surface area contributed by atoms with Gasteiger partial charge in [-0.25, -0.2) is 4.79 Å². The summed E-state index contributed by atoms with van der Waals surface area (Å²) < 4.78 is 5.72. The number of nitrogens with zero attached hydrogens (tertiary/aromatic N) is 1. The molecule has 1 aromatic heterocycles. The van der Waals surface area contributed by atoms with Crippen molar-refractivity contribution in [3.8, 4) is 16.9 Å². The van der Waals surface area contributed by atoms with Crippen LogP contribution in [0, 0.1) is 0 Å². The van der Waals surface area contributed by atoms with Gasteiger partial charge in [-0.15, -0.1) is 0 Å². The van der Waals surface area contributed by atoms with Crippen LogP contribution in [0.1, 0.15) is 30.1 Å². The highest BCUT2D eigenvalue weighted by molar-refractivity contribution is 5.94. The molecule has 0 radical (unpaired) electrons. The zero-order valence-electron chi connectivity index (χ0n) is 11.4. The second kappa shape index (κ2) is 6.70. The summed E-state index contributed by atoms with van der Waals surface area (Å²) in [5, 5.41) is 9.30. The lowest BCUT2D eigenvalue weighted by Gasteiger charge is -2.14. The van der Waals surface area contributed by atoms with E-state index in [9.17, 15) is 9.90 Å². The van der Waals surface area contributed by atoms with Gasteiger partial charge in [-0.3, -0.25) is 4.98 Å². The second-order valence-corrected chi connectivity index (χ2v) is 4.43. The molecular formula is C16H17NO3. The van der Waals surface area contributed by atoms with E-state index in [1.807, 2.05) is 18.2 Å². The fourth-order valence-corrected chi connectivity index (χ4v) is 1.94. The van der Waals surface area contributed by atoms with Gasteiger partial charge in [0.1, 0.15) is 11.3 Å². The molecule has 1 heterocycles. The van der Waals surface area contributed by atoms with Crippen molar-refractivity contribution in [2.24, 2.45) is 0 Å². The number of pyridine rings is 1. The zero-order chi connectivity index (χ0) is 14.4. The summed E-state index contributed by atoms with van der Waals surface area (Å²) in [5.41, 5.74) is 1.87. The molecule has 104 valence electrons. The summed E-state index contributed by atoms with van der Waals surface area (Å²) in [4.78, 5) is 15.3. The van der Waals surface area contributed by atoms with Crippen molar-refractivity contribution in [2.75, 3.05) is 6.61 Å². The first-order chi connectivity index (χ1) is 9.74. The predicted octanol–water partition coefficient (Wildman–Crippen LogP) is 3.63. The number of hydrogen-bond acceptors (Lipinski definition) is 3. The maximum atomic E-state index is 11.3. The molecule has 0 saturated carbocycles. The number of para-hydroxylation sites is 1. The number of aromatic nitrogens is 1. The van der Waals surface area contributed by atoms with Gasteiger partial charge in [0.15, 0.2) is 0 Å². The van der Waals surface area contributed by atoms with Crippen molar-refractivity contribution in [2.45, 2.75) is 19.8 Å². The summed E-state index contributed by atoms with van der Waals surface area (Å²) in [6, 6.07) is 8.84. The Kier molecular flexibility index (Phi) is 4.71. The molecule has 0 bridgehead atoms. The number of carboxylic acids is 1. The van der Waals surface area contributed by atoms with Gasteiger partial charge in [-0.1, -0.05) is 25.5 Å². The van der Waals surface area contributed by atoms with Gasteiger partial charge in [0.2, 0.25) is 0 Å². The van der Waals surface area contributed by atoms with Crippen LogP contribution in [0.2, 0.25) is 0 Å². The Morgan fingerprint density at radius 2 is 2.00 bits per heavy atom. The third-order valence-electron chi connectivity index (χ3n) is 2.98. The lowest BCUT2D eigenvalue weighted by Crippen LogP contribution is -2.05. The SMILES string of the molecule is CCCCOc1c(C(=O)O)cccc1-c1ccncc1. The van der Waals surface area contributed by atoms with Crippen LogP contribution in [0.5, 0.6) is 5.75 Å². The Hall–Kier alpha value is -2.36. The van der Waals surface area contributed by atoms with Crippen LogP contribution in [-0.2, 0) is 0 Å². The molecule has 1 N–H and O–H groups in total. The molecule has 0 unspecified atom stereocenters. The van der Waals surface area contributed by atoms with Crippen LogP contribution in [0.4, 0.5) is 0 Å². The van der Waals surface area contributed by atoms with E-state index < -0.39 is 5.97 Å². The third kappa shape index (κ3) is 3.15. The maximum absolute atomic E-state index is 11.3. The highest BCUT2D eigenvalue weighted by Crippen LogP contribution is 2.33. The van der Waals surface area contributed by atoms with Crippen molar-refractivity contribution < 1.29 is 14.6 Å². The van der Waals surface area contributed by atoms with Gasteiger partial charge in [0.05, 0.1) is 6.61 Å². The smallest absolute Gasteiger partial charge is 0.339 e. The van der Waals surface area contributed by atoms with E-state index in [4.69, 9.17) is 4.74 Å². The Balaban J connectivity index is 2.45. The lowest BCUT2D eigenvalue weighted by molar-refractivity contribution is 0.0692. The first-order valence-corrected chi connectivity index (χ1v) is 6.63. The summed E-state index contributed by atoms with van der Waals surface area (Å²) in [7, 11) is 0. The quantitative estimate of drug-likeness (QED) is 0.815. The Labute approximate surface area is 118 Å². The molecule has 2 rings (SSSR count).